The largest absolute Gasteiger partial charge is 0.398 e. The maximum absolute atomic E-state index is 11.4. The standard InChI is InChI=1S/C8H11NO4S.H2O4S.O2S/c9-7-3-1-2-4-8(7)14(11,12)13-6-5-10;1-5(2,3)4;1-3-2/h1-4,10H,5-6,9H2;(H2,1,2,3,4);. The average molecular weight is 379 g/mol. The molecule has 0 saturated carbocycles. The molecule has 0 saturated heterocycles. The van der Waals surface area contributed by atoms with E-state index in [0.29, 0.717) is 0 Å². The molecule has 0 amide bonds. The highest BCUT2D eigenvalue weighted by Gasteiger charge is 2.17. The van der Waals surface area contributed by atoms with Gasteiger partial charge in [0.15, 0.2) is 0 Å². The van der Waals surface area contributed by atoms with Crippen molar-refractivity contribution >= 4 is 37.8 Å². The van der Waals surface area contributed by atoms with Crippen LogP contribution in [0.15, 0.2) is 29.2 Å². The van der Waals surface area contributed by atoms with Crippen LogP contribution in [0.1, 0.15) is 0 Å². The Labute approximate surface area is 130 Å². The van der Waals surface area contributed by atoms with Crippen LogP contribution in [0.3, 0.4) is 0 Å². The molecule has 0 heterocycles. The van der Waals surface area contributed by atoms with Gasteiger partial charge in [0, 0.05) is 0 Å². The Hall–Kier alpha value is -1.42. The van der Waals surface area contributed by atoms with E-state index in [1.807, 2.05) is 0 Å². The Kier molecular flexibility index (Phi) is 11.6. The average Bonchev–Trinajstić information content (AvgIpc) is 2.36. The lowest BCUT2D eigenvalue weighted by Gasteiger charge is -2.05. The summed E-state index contributed by atoms with van der Waals surface area (Å²) in [7, 11) is -8.50. The number of para-hydroxylation sites is 1. The van der Waals surface area contributed by atoms with Crippen molar-refractivity contribution in [3.05, 3.63) is 24.3 Å². The van der Waals surface area contributed by atoms with E-state index in [1.165, 1.54) is 12.1 Å². The highest BCUT2D eigenvalue weighted by atomic mass is 32.3. The first-order chi connectivity index (χ1) is 9.99. The van der Waals surface area contributed by atoms with E-state index in [2.05, 4.69) is 4.18 Å². The van der Waals surface area contributed by atoms with Crippen LogP contribution in [-0.2, 0) is 36.3 Å². The minimum atomic E-state index is -4.67. The van der Waals surface area contributed by atoms with Crippen LogP contribution < -0.4 is 5.73 Å². The molecule has 5 N–H and O–H groups in total. The molecule has 0 aromatic heterocycles. The molecule has 128 valence electrons. The van der Waals surface area contributed by atoms with Gasteiger partial charge in [-0.15, -0.1) is 0 Å². The number of anilines is 1. The Balaban J connectivity index is 0. The first-order valence-corrected chi connectivity index (χ1v) is 8.43. The second-order valence-electron chi connectivity index (χ2n) is 3.05. The first-order valence-electron chi connectivity index (χ1n) is 4.96. The first kappa shape index (κ1) is 22.9. The molecule has 1 aromatic carbocycles. The summed E-state index contributed by atoms with van der Waals surface area (Å²) in [4.78, 5) is -0.0755. The molecule has 1 rings (SSSR count). The van der Waals surface area contributed by atoms with Gasteiger partial charge in [0.2, 0.25) is 0 Å². The number of hydrogen-bond donors (Lipinski definition) is 4. The maximum Gasteiger partial charge on any atom is 0.394 e. The maximum atomic E-state index is 11.4. The van der Waals surface area contributed by atoms with Crippen molar-refractivity contribution in [2.45, 2.75) is 4.90 Å². The lowest BCUT2D eigenvalue weighted by molar-refractivity contribution is 0.205. The highest BCUT2D eigenvalue weighted by Crippen LogP contribution is 2.19. The van der Waals surface area contributed by atoms with Crippen molar-refractivity contribution in [2.75, 3.05) is 18.9 Å². The Morgan fingerprint density at radius 2 is 1.50 bits per heavy atom. The van der Waals surface area contributed by atoms with Gasteiger partial charge >= 0.3 is 22.0 Å². The number of hydrogen-bond acceptors (Lipinski definition) is 9. The summed E-state index contributed by atoms with van der Waals surface area (Å²) < 4.78 is 75.5. The summed E-state index contributed by atoms with van der Waals surface area (Å²) >= 11 is -0.750. The van der Waals surface area contributed by atoms with Crippen molar-refractivity contribution in [1.29, 1.82) is 0 Å². The Morgan fingerprint density at radius 1 is 1.09 bits per heavy atom. The number of aliphatic hydroxyl groups is 1. The fraction of sp³-hybridized carbons (Fsp3) is 0.250. The van der Waals surface area contributed by atoms with E-state index in [4.69, 9.17) is 36.8 Å². The van der Waals surface area contributed by atoms with E-state index in [9.17, 15) is 8.42 Å². The molecule has 0 aliphatic rings. The van der Waals surface area contributed by atoms with Gasteiger partial charge in [-0.25, -0.2) is 0 Å². The number of nitrogen functional groups attached to an aromatic ring is 1. The molecular weight excluding hydrogens is 366 g/mol. The smallest absolute Gasteiger partial charge is 0.394 e. The van der Waals surface area contributed by atoms with Gasteiger partial charge in [-0.05, 0) is 12.1 Å². The van der Waals surface area contributed by atoms with Gasteiger partial charge in [0.25, 0.3) is 10.1 Å². The third kappa shape index (κ3) is 13.6. The predicted octanol–water partition coefficient (Wildman–Crippen LogP) is -1.36. The van der Waals surface area contributed by atoms with E-state index in [1.54, 1.807) is 12.1 Å². The molecule has 1 aromatic rings. The molecule has 0 aliphatic carbocycles. The third-order valence-corrected chi connectivity index (χ3v) is 2.91. The molecular formula is C8H13NO10S3. The van der Waals surface area contributed by atoms with Crippen LogP contribution in [0.2, 0.25) is 0 Å². The summed E-state index contributed by atoms with van der Waals surface area (Å²) in [6, 6.07) is 5.99. The van der Waals surface area contributed by atoms with E-state index in [0.717, 1.165) is 0 Å². The zero-order chi connectivity index (χ0) is 17.8. The van der Waals surface area contributed by atoms with Crippen LogP contribution >= 0.6 is 0 Å². The fourth-order valence-corrected chi connectivity index (χ4v) is 1.94. The summed E-state index contributed by atoms with van der Waals surface area (Å²) in [5, 5.41) is 8.43. The second kappa shape index (κ2) is 11.2. The molecule has 0 aliphatic heterocycles. The number of rotatable bonds is 4. The second-order valence-corrected chi connectivity index (χ2v) is 5.67. The van der Waals surface area contributed by atoms with Crippen LogP contribution in [0.25, 0.3) is 0 Å². The molecule has 0 unspecified atom stereocenters. The highest BCUT2D eigenvalue weighted by molar-refractivity contribution is 7.87. The van der Waals surface area contributed by atoms with Crippen molar-refractivity contribution in [3.63, 3.8) is 0 Å². The summed E-state index contributed by atoms with van der Waals surface area (Å²) in [5.74, 6) is 0. The van der Waals surface area contributed by atoms with E-state index < -0.39 is 32.1 Å². The molecule has 14 heteroatoms. The van der Waals surface area contributed by atoms with Gasteiger partial charge in [-0.2, -0.15) is 25.3 Å². The molecule has 0 radical (unpaired) electrons. The van der Waals surface area contributed by atoms with Crippen LogP contribution in [-0.4, -0.2) is 52.7 Å². The summed E-state index contributed by atoms with van der Waals surface area (Å²) in [6.07, 6.45) is 0. The van der Waals surface area contributed by atoms with Crippen LogP contribution in [0.5, 0.6) is 0 Å². The van der Waals surface area contributed by atoms with Gasteiger partial charge in [0.05, 0.1) is 18.9 Å². The van der Waals surface area contributed by atoms with Crippen molar-refractivity contribution in [1.82, 2.24) is 0 Å². The van der Waals surface area contributed by atoms with E-state index in [-0.39, 0.29) is 23.8 Å². The summed E-state index contributed by atoms with van der Waals surface area (Å²) in [6.45, 7) is -0.622. The normalized spacial score (nSPS) is 10.5. The molecule has 11 nitrogen and oxygen atoms in total. The minimum Gasteiger partial charge on any atom is -0.398 e. The Morgan fingerprint density at radius 3 is 1.86 bits per heavy atom. The van der Waals surface area contributed by atoms with Crippen molar-refractivity contribution in [2.24, 2.45) is 0 Å². The van der Waals surface area contributed by atoms with E-state index >= 15 is 0 Å². The third-order valence-electron chi connectivity index (χ3n) is 1.52. The van der Waals surface area contributed by atoms with Crippen molar-refractivity contribution in [3.8, 4) is 0 Å². The van der Waals surface area contributed by atoms with Gasteiger partial charge in [-0.1, -0.05) is 12.1 Å². The zero-order valence-corrected chi connectivity index (χ0v) is 13.2. The molecule has 0 fully saturated rings. The quantitative estimate of drug-likeness (QED) is 0.274. The van der Waals surface area contributed by atoms with Crippen molar-refractivity contribution < 1.29 is 43.6 Å². The molecule has 0 atom stereocenters. The van der Waals surface area contributed by atoms with Gasteiger partial charge in [0.1, 0.15) is 4.90 Å². The SMILES string of the molecule is Nc1ccccc1S(=O)(=O)OCCO.O=S(=O)(O)O.O=S=O. The monoisotopic (exact) mass is 379 g/mol. The topological polar surface area (TPSA) is 198 Å². The molecule has 22 heavy (non-hydrogen) atoms. The van der Waals surface area contributed by atoms with Gasteiger partial charge < -0.3 is 10.8 Å². The minimum absolute atomic E-state index is 0.0755. The molecule has 0 spiro atoms. The predicted molar refractivity (Wildman–Crippen MR) is 74.2 cm³/mol. The number of aliphatic hydroxyl groups excluding tert-OH is 1. The zero-order valence-electron chi connectivity index (χ0n) is 10.7. The summed E-state index contributed by atoms with van der Waals surface area (Å²) in [5.41, 5.74) is 5.59. The fourth-order valence-electron chi connectivity index (χ4n) is 0.919. The number of nitrogens with two attached hydrogens (primary N) is 1. The van der Waals surface area contributed by atoms with Gasteiger partial charge in [-0.3, -0.25) is 13.3 Å². The lowest BCUT2D eigenvalue weighted by Crippen LogP contribution is -2.11. The number of benzene rings is 1. The van der Waals surface area contributed by atoms with Crippen LogP contribution in [0.4, 0.5) is 5.69 Å². The lowest BCUT2D eigenvalue weighted by atomic mass is 10.3. The Bertz CT molecular complexity index is 670. The molecule has 0 bridgehead atoms. The van der Waals surface area contributed by atoms with Crippen LogP contribution in [0, 0.1) is 0 Å².